The van der Waals surface area contributed by atoms with Crippen LogP contribution in [0.3, 0.4) is 0 Å². The lowest BCUT2D eigenvalue weighted by Crippen LogP contribution is -2.38. The summed E-state index contributed by atoms with van der Waals surface area (Å²) in [5.74, 6) is -2.15. The first-order valence-electron chi connectivity index (χ1n) is 23.5. The Balaban J connectivity index is 0.773. The number of carbonyl (C=O) groups excluding carboxylic acids is 2. The maximum Gasteiger partial charge on any atom is 0.419 e. The molecule has 2 saturated heterocycles. The summed E-state index contributed by atoms with van der Waals surface area (Å²) in [5, 5.41) is 12.1. The smallest absolute Gasteiger partial charge is 0.373 e. The van der Waals surface area contributed by atoms with E-state index in [1.807, 2.05) is 9.80 Å². The number of anilines is 8. The van der Waals surface area contributed by atoms with E-state index in [0.717, 1.165) is 12.1 Å². The quantitative estimate of drug-likeness (QED) is 0.0633. The standard InChI is InChI=1S/C50H50F8N12O4/c1-29-38(8-4-10-40(29)65-45-59-27-61-47(67-45)69-20-16-33(17-21-69)73-25-31-12-13-35(37(51)24-31)49(53,54)55)63-42(71)14-15-43(72)64-39-9-5-11-41(30(39)2)66-46-60-28-62-48(68-46)70-22-18-34(19-23-70)74-26-32-6-3-7-36(44(32)52)50(56,57)58/h3-13,24,27-28,33-34H,14-23,25-26H2,1-2H3,(H,63,71)(H,64,72)(H,59,61,65,67)(H,60,62,66,68). The summed E-state index contributed by atoms with van der Waals surface area (Å²) in [7, 11) is 0. The number of nitrogens with zero attached hydrogens (tertiary/aromatic N) is 8. The highest BCUT2D eigenvalue weighted by molar-refractivity contribution is 5.98. The Labute approximate surface area is 419 Å². The first-order chi connectivity index (χ1) is 35.4. The van der Waals surface area contributed by atoms with E-state index in [4.69, 9.17) is 9.47 Å². The second kappa shape index (κ2) is 23.1. The van der Waals surface area contributed by atoms with Crippen molar-refractivity contribution in [1.29, 1.82) is 0 Å². The highest BCUT2D eigenvalue weighted by Gasteiger charge is 2.36. The van der Waals surface area contributed by atoms with Crippen LogP contribution in [0.15, 0.2) is 85.5 Å². The zero-order valence-corrected chi connectivity index (χ0v) is 40.0. The second-order valence-corrected chi connectivity index (χ2v) is 17.6. The molecule has 74 heavy (non-hydrogen) atoms. The molecule has 2 aromatic heterocycles. The summed E-state index contributed by atoms with van der Waals surface area (Å²) in [6, 6.07) is 16.4. The number of halogens is 8. The SMILES string of the molecule is Cc1c(NC(=O)CCC(=O)Nc2cccc(Nc3ncnc(N4CCC(OCc5cccc(C(F)(F)F)c5F)CC4)n3)c2C)cccc1Nc1ncnc(N2CCC(OCc3ccc(C(F)(F)F)c(F)c3)CC2)n1. The molecule has 2 fully saturated rings. The minimum atomic E-state index is -4.80. The lowest BCUT2D eigenvalue weighted by Gasteiger charge is -2.32. The van der Waals surface area contributed by atoms with Crippen molar-refractivity contribution in [2.45, 2.75) is 90.1 Å². The van der Waals surface area contributed by atoms with E-state index in [9.17, 15) is 44.7 Å². The molecule has 0 atom stereocenters. The molecule has 2 aliphatic heterocycles. The third kappa shape index (κ3) is 13.5. The number of piperidine rings is 2. The van der Waals surface area contributed by atoms with Gasteiger partial charge in [0.05, 0.1) is 36.5 Å². The predicted molar refractivity (Wildman–Crippen MR) is 258 cm³/mol. The average Bonchev–Trinajstić information content (AvgIpc) is 3.37. The first-order valence-corrected chi connectivity index (χ1v) is 23.5. The Morgan fingerprint density at radius 3 is 1.53 bits per heavy atom. The Kier molecular flexibility index (Phi) is 16.4. The van der Waals surface area contributed by atoms with Gasteiger partial charge in [-0.2, -0.15) is 36.3 Å². The number of rotatable bonds is 17. The molecule has 2 amide bonds. The van der Waals surface area contributed by atoms with E-state index >= 15 is 0 Å². The van der Waals surface area contributed by atoms with E-state index in [-0.39, 0.29) is 67.5 Å². The lowest BCUT2D eigenvalue weighted by atomic mass is 10.1. The number of carbonyl (C=O) groups is 2. The number of ether oxygens (including phenoxy) is 2. The minimum Gasteiger partial charge on any atom is -0.373 e. The van der Waals surface area contributed by atoms with Gasteiger partial charge in [0.15, 0.2) is 0 Å². The van der Waals surface area contributed by atoms with Crippen LogP contribution in [0.4, 0.5) is 81.7 Å². The van der Waals surface area contributed by atoms with Crippen LogP contribution in [-0.4, -0.2) is 80.1 Å². The van der Waals surface area contributed by atoms with Crippen LogP contribution < -0.4 is 31.1 Å². The zero-order chi connectivity index (χ0) is 52.6. The number of alkyl halides is 6. The van der Waals surface area contributed by atoms with Gasteiger partial charge >= 0.3 is 12.4 Å². The molecule has 0 saturated carbocycles. The van der Waals surface area contributed by atoms with E-state index < -0.39 is 35.1 Å². The molecular formula is C50H50F8N12O4. The molecule has 0 bridgehead atoms. The third-order valence-corrected chi connectivity index (χ3v) is 12.5. The maximum absolute atomic E-state index is 14.5. The molecular weight excluding hydrogens is 985 g/mol. The fraction of sp³-hybridized carbons (Fsp3) is 0.360. The first kappa shape index (κ1) is 52.7. The highest BCUT2D eigenvalue weighted by Crippen LogP contribution is 2.35. The molecule has 2 aliphatic rings. The van der Waals surface area contributed by atoms with Crippen molar-refractivity contribution in [2.75, 3.05) is 57.2 Å². The van der Waals surface area contributed by atoms with Gasteiger partial charge in [0.1, 0.15) is 24.3 Å². The summed E-state index contributed by atoms with van der Waals surface area (Å²) < 4.78 is 118. The van der Waals surface area contributed by atoms with Crippen molar-refractivity contribution < 1.29 is 54.2 Å². The van der Waals surface area contributed by atoms with Crippen LogP contribution in [0.5, 0.6) is 0 Å². The molecule has 0 aliphatic carbocycles. The van der Waals surface area contributed by atoms with Gasteiger partial charge in [-0.25, -0.2) is 28.7 Å². The van der Waals surface area contributed by atoms with E-state index in [2.05, 4.69) is 51.2 Å². The normalized spacial score (nSPS) is 14.7. The van der Waals surface area contributed by atoms with Gasteiger partial charge in [-0.15, -0.1) is 0 Å². The van der Waals surface area contributed by atoms with Gasteiger partial charge in [0, 0.05) is 67.3 Å². The Morgan fingerprint density at radius 2 is 1.05 bits per heavy atom. The van der Waals surface area contributed by atoms with Gasteiger partial charge in [-0.3, -0.25) is 9.59 Å². The Bertz CT molecular complexity index is 2950. The predicted octanol–water partition coefficient (Wildman–Crippen LogP) is 10.2. The minimum absolute atomic E-state index is 0.0312. The fourth-order valence-corrected chi connectivity index (χ4v) is 8.36. The van der Waals surface area contributed by atoms with Crippen LogP contribution in [0.25, 0.3) is 0 Å². The molecule has 0 spiro atoms. The maximum atomic E-state index is 14.5. The number of nitrogens with one attached hydrogen (secondary N) is 4. The second-order valence-electron chi connectivity index (χ2n) is 17.6. The molecule has 6 aromatic rings. The Morgan fingerprint density at radius 1 is 0.595 bits per heavy atom. The molecule has 4 N–H and O–H groups in total. The number of hydrogen-bond donors (Lipinski definition) is 4. The van der Waals surface area contributed by atoms with Crippen LogP contribution in [0, 0.1) is 25.5 Å². The molecule has 4 heterocycles. The molecule has 8 rings (SSSR count). The molecule has 4 aromatic carbocycles. The van der Waals surface area contributed by atoms with E-state index in [1.165, 1.54) is 24.8 Å². The molecule has 16 nitrogen and oxygen atoms in total. The monoisotopic (exact) mass is 1030 g/mol. The summed E-state index contributed by atoms with van der Waals surface area (Å²) in [4.78, 5) is 56.4. The van der Waals surface area contributed by atoms with Crippen LogP contribution in [-0.2, 0) is 44.6 Å². The highest BCUT2D eigenvalue weighted by atomic mass is 19.4. The number of hydrogen-bond acceptors (Lipinski definition) is 14. The van der Waals surface area contributed by atoms with Crippen molar-refractivity contribution in [3.63, 3.8) is 0 Å². The topological polar surface area (TPSA) is 185 Å². The molecule has 0 unspecified atom stereocenters. The van der Waals surface area contributed by atoms with Crippen LogP contribution >= 0.6 is 0 Å². The summed E-state index contributed by atoms with van der Waals surface area (Å²) >= 11 is 0. The van der Waals surface area contributed by atoms with Crippen molar-refractivity contribution in [3.05, 3.63) is 130 Å². The molecule has 0 radical (unpaired) electrons. The average molecular weight is 1040 g/mol. The fourth-order valence-electron chi connectivity index (χ4n) is 8.36. The zero-order valence-electron chi connectivity index (χ0n) is 40.0. The third-order valence-electron chi connectivity index (χ3n) is 12.5. The van der Waals surface area contributed by atoms with E-state index in [0.29, 0.717) is 115 Å². The number of benzene rings is 4. The van der Waals surface area contributed by atoms with E-state index in [1.54, 1.807) is 50.2 Å². The molecule has 390 valence electrons. The van der Waals surface area contributed by atoms with Crippen molar-refractivity contribution in [3.8, 4) is 0 Å². The summed E-state index contributed by atoms with van der Waals surface area (Å²) in [6.07, 6.45) is -5.42. The summed E-state index contributed by atoms with van der Waals surface area (Å²) in [6.45, 7) is 5.28. The van der Waals surface area contributed by atoms with Crippen LogP contribution in [0.2, 0.25) is 0 Å². The molecule has 24 heteroatoms. The summed E-state index contributed by atoms with van der Waals surface area (Å²) in [5.41, 5.74) is 1.09. The number of aromatic nitrogens is 6. The van der Waals surface area contributed by atoms with Crippen molar-refractivity contribution in [1.82, 2.24) is 29.9 Å². The van der Waals surface area contributed by atoms with Crippen molar-refractivity contribution in [2.24, 2.45) is 0 Å². The van der Waals surface area contributed by atoms with Crippen molar-refractivity contribution >= 4 is 58.4 Å². The lowest BCUT2D eigenvalue weighted by molar-refractivity contribution is -0.141. The van der Waals surface area contributed by atoms with Gasteiger partial charge in [-0.05, 0) is 98.7 Å². The van der Waals surface area contributed by atoms with Gasteiger partial charge in [0.2, 0.25) is 35.6 Å². The largest absolute Gasteiger partial charge is 0.419 e. The number of amides is 2. The van der Waals surface area contributed by atoms with Gasteiger partial charge in [0.25, 0.3) is 0 Å². The Hall–Kier alpha value is -7.60. The van der Waals surface area contributed by atoms with Crippen LogP contribution in [0.1, 0.15) is 71.9 Å². The van der Waals surface area contributed by atoms with Gasteiger partial charge in [-0.1, -0.05) is 30.3 Å². The van der Waals surface area contributed by atoms with Gasteiger partial charge < -0.3 is 40.5 Å².